The summed E-state index contributed by atoms with van der Waals surface area (Å²) in [5.41, 5.74) is 0. The van der Waals surface area contributed by atoms with Crippen molar-refractivity contribution in [1.29, 1.82) is 0 Å². The highest BCUT2D eigenvalue weighted by molar-refractivity contribution is 4.96. The van der Waals surface area contributed by atoms with Gasteiger partial charge in [-0.2, -0.15) is 0 Å². The summed E-state index contributed by atoms with van der Waals surface area (Å²) < 4.78 is 0. The molecule has 0 radical (unpaired) electrons. The van der Waals surface area contributed by atoms with Crippen molar-refractivity contribution in [2.75, 3.05) is 13.1 Å². The first kappa shape index (κ1) is 4.77. The number of aliphatic hydroxyl groups excluding tert-OH is 1. The van der Waals surface area contributed by atoms with E-state index in [-0.39, 0.29) is 6.10 Å². The van der Waals surface area contributed by atoms with E-state index in [0.29, 0.717) is 5.92 Å². The van der Waals surface area contributed by atoms with Gasteiger partial charge in [-0.3, -0.25) is 0 Å². The molecule has 1 saturated carbocycles. The molecule has 1 heterocycles. The lowest BCUT2D eigenvalue weighted by atomic mass is 10.1. The Morgan fingerprint density at radius 1 is 1.38 bits per heavy atom. The van der Waals surface area contributed by atoms with Gasteiger partial charge < -0.3 is 10.4 Å². The second-order valence-corrected chi connectivity index (χ2v) is 2.89. The van der Waals surface area contributed by atoms with Gasteiger partial charge >= 0.3 is 0 Å². The van der Waals surface area contributed by atoms with Crippen molar-refractivity contribution in [3.05, 3.63) is 0 Å². The number of aliphatic hydroxyl groups is 1. The van der Waals surface area contributed by atoms with Crippen molar-refractivity contribution in [2.45, 2.75) is 12.5 Å². The molecule has 0 spiro atoms. The molecule has 0 amide bonds. The van der Waals surface area contributed by atoms with Crippen LogP contribution in [0.3, 0.4) is 0 Å². The second-order valence-electron chi connectivity index (χ2n) is 2.89. The van der Waals surface area contributed by atoms with Gasteiger partial charge in [0.15, 0.2) is 0 Å². The molecule has 1 aliphatic carbocycles. The summed E-state index contributed by atoms with van der Waals surface area (Å²) in [7, 11) is 0. The monoisotopic (exact) mass is 113 g/mol. The number of hydrogen-bond acceptors (Lipinski definition) is 2. The Bertz CT molecular complexity index is 105. The standard InChI is InChI=1S/C6H11NO/c8-6-3-7-2-4-1-5(4)6/h4-8H,1-3H2/t4-,5-,6-/m0/s1. The Hall–Kier alpha value is -0.0800. The minimum Gasteiger partial charge on any atom is -0.392 e. The van der Waals surface area contributed by atoms with Crippen molar-refractivity contribution in [1.82, 2.24) is 5.32 Å². The predicted octanol–water partition coefficient (Wildman–Crippen LogP) is -0.413. The van der Waals surface area contributed by atoms with Crippen LogP contribution in [0.15, 0.2) is 0 Å². The van der Waals surface area contributed by atoms with E-state index in [4.69, 9.17) is 5.11 Å². The highest BCUT2D eigenvalue weighted by Crippen LogP contribution is 2.42. The maximum Gasteiger partial charge on any atom is 0.0695 e. The molecule has 0 aromatic heterocycles. The Morgan fingerprint density at radius 3 is 2.88 bits per heavy atom. The van der Waals surface area contributed by atoms with Crippen LogP contribution >= 0.6 is 0 Å². The molecule has 0 unspecified atom stereocenters. The van der Waals surface area contributed by atoms with E-state index in [1.165, 1.54) is 6.42 Å². The van der Waals surface area contributed by atoms with Crippen molar-refractivity contribution in [2.24, 2.45) is 11.8 Å². The average Bonchev–Trinajstić information content (AvgIpc) is 2.45. The number of nitrogens with one attached hydrogen (secondary N) is 1. The predicted molar refractivity (Wildman–Crippen MR) is 30.5 cm³/mol. The first-order chi connectivity index (χ1) is 3.88. The quantitative estimate of drug-likeness (QED) is 0.447. The van der Waals surface area contributed by atoms with E-state index in [1.54, 1.807) is 0 Å². The Balaban J connectivity index is 1.99. The Kier molecular flexibility index (Phi) is 0.866. The topological polar surface area (TPSA) is 32.3 Å². The minimum atomic E-state index is -0.0336. The van der Waals surface area contributed by atoms with Crippen LogP contribution in [0.2, 0.25) is 0 Å². The summed E-state index contributed by atoms with van der Waals surface area (Å²) in [6.45, 7) is 1.96. The first-order valence-corrected chi connectivity index (χ1v) is 3.26. The van der Waals surface area contributed by atoms with Crippen LogP contribution in [0.1, 0.15) is 6.42 Å². The van der Waals surface area contributed by atoms with Crippen LogP contribution in [0.25, 0.3) is 0 Å². The smallest absolute Gasteiger partial charge is 0.0695 e. The molecule has 2 rings (SSSR count). The number of β-amino-alcohol motifs (C(OH)–C–C–N with tert-alkyl or cyclic N) is 1. The molecule has 1 saturated heterocycles. The molecule has 2 fully saturated rings. The van der Waals surface area contributed by atoms with Crippen molar-refractivity contribution in [3.8, 4) is 0 Å². The minimum absolute atomic E-state index is 0.0336. The summed E-state index contributed by atoms with van der Waals surface area (Å²) in [5.74, 6) is 1.48. The van der Waals surface area contributed by atoms with E-state index in [9.17, 15) is 0 Å². The molecule has 2 N–H and O–H groups in total. The van der Waals surface area contributed by atoms with Gasteiger partial charge in [-0.25, -0.2) is 0 Å². The fraction of sp³-hybridized carbons (Fsp3) is 1.00. The van der Waals surface area contributed by atoms with Crippen LogP contribution in [0.5, 0.6) is 0 Å². The lowest BCUT2D eigenvalue weighted by molar-refractivity contribution is 0.128. The zero-order valence-electron chi connectivity index (χ0n) is 4.80. The van der Waals surface area contributed by atoms with E-state index < -0.39 is 0 Å². The zero-order chi connectivity index (χ0) is 5.56. The number of rotatable bonds is 0. The molecule has 2 aliphatic rings. The molecule has 0 bridgehead atoms. The van der Waals surface area contributed by atoms with Gasteiger partial charge in [0.1, 0.15) is 0 Å². The molecule has 46 valence electrons. The fourth-order valence-electron chi connectivity index (χ4n) is 1.54. The van der Waals surface area contributed by atoms with Gasteiger partial charge in [0, 0.05) is 6.54 Å². The van der Waals surface area contributed by atoms with Crippen LogP contribution < -0.4 is 5.32 Å². The van der Waals surface area contributed by atoms with Gasteiger partial charge in [0.2, 0.25) is 0 Å². The van der Waals surface area contributed by atoms with E-state index in [0.717, 1.165) is 19.0 Å². The SMILES string of the molecule is O[C@H]1CNC[C@@H]2C[C@@H]21. The maximum atomic E-state index is 9.16. The maximum absolute atomic E-state index is 9.16. The lowest BCUT2D eigenvalue weighted by Gasteiger charge is -2.16. The highest BCUT2D eigenvalue weighted by atomic mass is 16.3. The number of hydrogen-bond donors (Lipinski definition) is 2. The second kappa shape index (κ2) is 1.45. The molecule has 0 aromatic carbocycles. The third-order valence-corrected chi connectivity index (χ3v) is 2.23. The van der Waals surface area contributed by atoms with Crippen LogP contribution in [0, 0.1) is 11.8 Å². The van der Waals surface area contributed by atoms with Gasteiger partial charge in [-0.05, 0) is 24.8 Å². The molecule has 0 aromatic rings. The molecule has 8 heavy (non-hydrogen) atoms. The normalized spacial score (nSPS) is 52.9. The lowest BCUT2D eigenvalue weighted by Crippen LogP contribution is -2.35. The first-order valence-electron chi connectivity index (χ1n) is 3.26. The largest absolute Gasteiger partial charge is 0.392 e. The fourth-order valence-corrected chi connectivity index (χ4v) is 1.54. The van der Waals surface area contributed by atoms with Crippen LogP contribution in [-0.4, -0.2) is 24.3 Å². The highest BCUT2D eigenvalue weighted by Gasteiger charge is 2.44. The molecule has 2 heteroatoms. The number of fused-ring (bicyclic) bond motifs is 1. The van der Waals surface area contributed by atoms with E-state index >= 15 is 0 Å². The molecule has 3 atom stereocenters. The van der Waals surface area contributed by atoms with Gasteiger partial charge in [0.05, 0.1) is 6.10 Å². The summed E-state index contributed by atoms with van der Waals surface area (Å²) >= 11 is 0. The van der Waals surface area contributed by atoms with Gasteiger partial charge in [0.25, 0.3) is 0 Å². The van der Waals surface area contributed by atoms with Crippen molar-refractivity contribution in [3.63, 3.8) is 0 Å². The summed E-state index contributed by atoms with van der Waals surface area (Å²) in [6.07, 6.45) is 1.22. The summed E-state index contributed by atoms with van der Waals surface area (Å²) in [4.78, 5) is 0. The summed E-state index contributed by atoms with van der Waals surface area (Å²) in [5, 5.41) is 12.3. The van der Waals surface area contributed by atoms with E-state index in [2.05, 4.69) is 5.32 Å². The summed E-state index contributed by atoms with van der Waals surface area (Å²) in [6, 6.07) is 0. The molecule has 1 aliphatic heterocycles. The third kappa shape index (κ3) is 0.565. The average molecular weight is 113 g/mol. The van der Waals surface area contributed by atoms with Gasteiger partial charge in [-0.1, -0.05) is 0 Å². The Morgan fingerprint density at radius 2 is 2.25 bits per heavy atom. The number of piperidine rings is 1. The molecule has 2 nitrogen and oxygen atoms in total. The Labute approximate surface area is 48.9 Å². The molecular formula is C6H11NO. The zero-order valence-corrected chi connectivity index (χ0v) is 4.80. The van der Waals surface area contributed by atoms with Crippen molar-refractivity contribution >= 4 is 0 Å². The van der Waals surface area contributed by atoms with Gasteiger partial charge in [-0.15, -0.1) is 0 Å². The van der Waals surface area contributed by atoms with Crippen molar-refractivity contribution < 1.29 is 5.11 Å². The van der Waals surface area contributed by atoms with Crippen LogP contribution in [-0.2, 0) is 0 Å². The third-order valence-electron chi connectivity index (χ3n) is 2.23. The van der Waals surface area contributed by atoms with Crippen LogP contribution in [0.4, 0.5) is 0 Å². The van der Waals surface area contributed by atoms with E-state index in [1.807, 2.05) is 0 Å². The molecular weight excluding hydrogens is 102 g/mol.